The predicted octanol–water partition coefficient (Wildman–Crippen LogP) is 2.21. The molecule has 1 unspecified atom stereocenters. The summed E-state index contributed by atoms with van der Waals surface area (Å²) in [5.74, 6) is 5.28. The van der Waals surface area contributed by atoms with Crippen LogP contribution in [0, 0.1) is 11.8 Å². The third kappa shape index (κ3) is 5.57. The molecule has 106 valence electrons. The van der Waals surface area contributed by atoms with E-state index in [9.17, 15) is 9.59 Å². The SMILES string of the molecule is CC(=O)NC(C)(C)C#CC(OC(C)=O)c1ccccc1. The Morgan fingerprint density at radius 3 is 2.30 bits per heavy atom. The molecule has 1 rings (SSSR count). The van der Waals surface area contributed by atoms with Gasteiger partial charge in [0.1, 0.15) is 0 Å². The number of carbonyl (C=O) groups excluding carboxylic acids is 2. The van der Waals surface area contributed by atoms with Gasteiger partial charge in [-0.3, -0.25) is 9.59 Å². The van der Waals surface area contributed by atoms with Crippen LogP contribution in [0.25, 0.3) is 0 Å². The number of rotatable bonds is 3. The molecule has 0 heterocycles. The van der Waals surface area contributed by atoms with Crippen LogP contribution in [0.1, 0.15) is 39.4 Å². The van der Waals surface area contributed by atoms with Crippen molar-refractivity contribution >= 4 is 11.9 Å². The van der Waals surface area contributed by atoms with Gasteiger partial charge in [-0.05, 0) is 13.8 Å². The second-order valence-electron chi connectivity index (χ2n) is 4.98. The lowest BCUT2D eigenvalue weighted by molar-refractivity contribution is -0.144. The molecular weight excluding hydrogens is 254 g/mol. The molecule has 20 heavy (non-hydrogen) atoms. The van der Waals surface area contributed by atoms with E-state index in [1.54, 1.807) is 13.8 Å². The van der Waals surface area contributed by atoms with E-state index in [1.165, 1.54) is 13.8 Å². The van der Waals surface area contributed by atoms with E-state index in [0.29, 0.717) is 0 Å². The zero-order valence-corrected chi connectivity index (χ0v) is 12.2. The molecule has 0 aromatic heterocycles. The highest BCUT2D eigenvalue weighted by molar-refractivity contribution is 5.74. The second-order valence-corrected chi connectivity index (χ2v) is 4.98. The van der Waals surface area contributed by atoms with Gasteiger partial charge >= 0.3 is 5.97 Å². The first-order valence-electron chi connectivity index (χ1n) is 6.34. The van der Waals surface area contributed by atoms with Gasteiger partial charge < -0.3 is 10.1 Å². The lowest BCUT2D eigenvalue weighted by Crippen LogP contribution is -2.40. The van der Waals surface area contributed by atoms with Crippen molar-refractivity contribution in [3.63, 3.8) is 0 Å². The Balaban J connectivity index is 2.97. The van der Waals surface area contributed by atoms with E-state index >= 15 is 0 Å². The Kier molecular flexibility index (Phi) is 5.33. The van der Waals surface area contributed by atoms with Crippen molar-refractivity contribution in [2.45, 2.75) is 39.3 Å². The summed E-state index contributed by atoms with van der Waals surface area (Å²) in [6.45, 7) is 6.36. The Bertz CT molecular complexity index is 538. The maximum atomic E-state index is 11.2. The number of carbonyl (C=O) groups is 2. The fourth-order valence-corrected chi connectivity index (χ4v) is 1.69. The Morgan fingerprint density at radius 2 is 1.80 bits per heavy atom. The first kappa shape index (κ1) is 15.8. The number of nitrogens with one attached hydrogen (secondary N) is 1. The number of hydrogen-bond acceptors (Lipinski definition) is 3. The zero-order valence-electron chi connectivity index (χ0n) is 12.2. The molecule has 4 heteroatoms. The Morgan fingerprint density at radius 1 is 1.20 bits per heavy atom. The summed E-state index contributed by atoms with van der Waals surface area (Å²) < 4.78 is 5.21. The van der Waals surface area contributed by atoms with Gasteiger partial charge in [0.2, 0.25) is 5.91 Å². The summed E-state index contributed by atoms with van der Waals surface area (Å²) >= 11 is 0. The highest BCUT2D eigenvalue weighted by atomic mass is 16.5. The summed E-state index contributed by atoms with van der Waals surface area (Å²) in [4.78, 5) is 22.3. The molecule has 4 nitrogen and oxygen atoms in total. The minimum absolute atomic E-state index is 0.159. The lowest BCUT2D eigenvalue weighted by Gasteiger charge is -2.19. The summed E-state index contributed by atoms with van der Waals surface area (Å²) in [7, 11) is 0. The molecule has 0 fully saturated rings. The van der Waals surface area contributed by atoms with E-state index in [4.69, 9.17) is 4.74 Å². The fraction of sp³-hybridized carbons (Fsp3) is 0.375. The van der Waals surface area contributed by atoms with Crippen molar-refractivity contribution in [3.8, 4) is 11.8 Å². The van der Waals surface area contributed by atoms with E-state index in [1.807, 2.05) is 30.3 Å². The van der Waals surface area contributed by atoms with Crippen molar-refractivity contribution in [1.29, 1.82) is 0 Å². The summed E-state index contributed by atoms with van der Waals surface area (Å²) in [5, 5.41) is 2.73. The Labute approximate surface area is 119 Å². The van der Waals surface area contributed by atoms with Crippen LogP contribution >= 0.6 is 0 Å². The number of esters is 1. The maximum Gasteiger partial charge on any atom is 0.304 e. The normalized spacial score (nSPS) is 11.8. The van der Waals surface area contributed by atoms with Crippen LogP contribution in [0.4, 0.5) is 0 Å². The smallest absolute Gasteiger partial charge is 0.304 e. The molecule has 1 aromatic carbocycles. The van der Waals surface area contributed by atoms with Crippen LogP contribution in [-0.2, 0) is 14.3 Å². The van der Waals surface area contributed by atoms with Crippen LogP contribution in [0.3, 0.4) is 0 Å². The van der Waals surface area contributed by atoms with E-state index in [0.717, 1.165) is 5.56 Å². The van der Waals surface area contributed by atoms with Crippen molar-refractivity contribution in [2.75, 3.05) is 0 Å². The van der Waals surface area contributed by atoms with Crippen LogP contribution in [0.5, 0.6) is 0 Å². The highest BCUT2D eigenvalue weighted by Gasteiger charge is 2.17. The molecule has 0 bridgehead atoms. The molecule has 0 saturated heterocycles. The van der Waals surface area contributed by atoms with Crippen molar-refractivity contribution in [3.05, 3.63) is 35.9 Å². The van der Waals surface area contributed by atoms with Gasteiger partial charge in [0.05, 0.1) is 5.54 Å². The van der Waals surface area contributed by atoms with Gasteiger partial charge in [0.15, 0.2) is 6.10 Å². The van der Waals surface area contributed by atoms with Gasteiger partial charge in [-0.25, -0.2) is 0 Å². The molecule has 0 aliphatic carbocycles. The van der Waals surface area contributed by atoms with Crippen LogP contribution < -0.4 is 5.32 Å². The molecule has 0 radical (unpaired) electrons. The number of hydrogen-bond donors (Lipinski definition) is 1. The predicted molar refractivity (Wildman–Crippen MR) is 76.6 cm³/mol. The van der Waals surface area contributed by atoms with Crippen molar-refractivity contribution < 1.29 is 14.3 Å². The molecule has 1 atom stereocenters. The van der Waals surface area contributed by atoms with Crippen molar-refractivity contribution in [1.82, 2.24) is 5.32 Å². The minimum atomic E-state index is -0.682. The maximum absolute atomic E-state index is 11.2. The summed E-state index contributed by atoms with van der Waals surface area (Å²) in [6, 6.07) is 9.27. The van der Waals surface area contributed by atoms with Crippen LogP contribution in [0.15, 0.2) is 30.3 Å². The van der Waals surface area contributed by atoms with Crippen molar-refractivity contribution in [2.24, 2.45) is 0 Å². The quantitative estimate of drug-likeness (QED) is 0.678. The third-order valence-corrected chi connectivity index (χ3v) is 2.39. The molecular formula is C16H19NO3. The van der Waals surface area contributed by atoms with Gasteiger partial charge in [-0.1, -0.05) is 42.2 Å². The monoisotopic (exact) mass is 273 g/mol. The Hall–Kier alpha value is -2.28. The van der Waals surface area contributed by atoms with Gasteiger partial charge in [-0.2, -0.15) is 0 Å². The molecule has 0 aliphatic rings. The average molecular weight is 273 g/mol. The highest BCUT2D eigenvalue weighted by Crippen LogP contribution is 2.17. The molecule has 0 aliphatic heterocycles. The fourth-order valence-electron chi connectivity index (χ4n) is 1.69. The van der Waals surface area contributed by atoms with E-state index < -0.39 is 17.6 Å². The molecule has 0 saturated carbocycles. The lowest BCUT2D eigenvalue weighted by atomic mass is 10.0. The van der Waals surface area contributed by atoms with Crippen LogP contribution in [-0.4, -0.2) is 17.4 Å². The third-order valence-electron chi connectivity index (χ3n) is 2.39. The molecule has 1 N–H and O–H groups in total. The standard InChI is InChI=1S/C16H19NO3/c1-12(18)17-16(3,4)11-10-15(20-13(2)19)14-8-6-5-7-9-14/h5-9,15H,1-4H3,(H,17,18). The summed E-state index contributed by atoms with van der Waals surface area (Å²) in [5.41, 5.74) is 0.118. The number of amides is 1. The zero-order chi connectivity index (χ0) is 15.2. The summed E-state index contributed by atoms with van der Waals surface area (Å²) in [6.07, 6.45) is -0.637. The first-order chi connectivity index (χ1) is 9.30. The largest absolute Gasteiger partial charge is 0.444 e. The van der Waals surface area contributed by atoms with E-state index in [2.05, 4.69) is 17.2 Å². The number of benzene rings is 1. The molecule has 1 amide bonds. The topological polar surface area (TPSA) is 55.4 Å². The van der Waals surface area contributed by atoms with Gasteiger partial charge in [0, 0.05) is 19.4 Å². The van der Waals surface area contributed by atoms with Gasteiger partial charge in [0.25, 0.3) is 0 Å². The average Bonchev–Trinajstić information content (AvgIpc) is 2.33. The molecule has 1 aromatic rings. The van der Waals surface area contributed by atoms with E-state index in [-0.39, 0.29) is 5.91 Å². The second kappa shape index (κ2) is 6.76. The molecule has 0 spiro atoms. The first-order valence-corrected chi connectivity index (χ1v) is 6.34. The van der Waals surface area contributed by atoms with Crippen LogP contribution in [0.2, 0.25) is 0 Å². The van der Waals surface area contributed by atoms with Gasteiger partial charge in [-0.15, -0.1) is 0 Å². The minimum Gasteiger partial charge on any atom is -0.444 e. The number of ether oxygens (including phenoxy) is 1.